The fourth-order valence-corrected chi connectivity index (χ4v) is 1.36. The molecule has 0 fully saturated rings. The highest BCUT2D eigenvalue weighted by molar-refractivity contribution is 5.82. The number of rotatable bonds is 7. The summed E-state index contributed by atoms with van der Waals surface area (Å²) in [4.78, 5) is 21.4. The number of benzene rings is 1. The summed E-state index contributed by atoms with van der Waals surface area (Å²) < 4.78 is 4.79. The van der Waals surface area contributed by atoms with Crippen LogP contribution in [0.3, 0.4) is 0 Å². The van der Waals surface area contributed by atoms with E-state index < -0.39 is 4.92 Å². The Hall–Kier alpha value is -2.35. The van der Waals surface area contributed by atoms with E-state index >= 15 is 0 Å². The molecule has 0 spiro atoms. The molecule has 0 saturated carbocycles. The van der Waals surface area contributed by atoms with E-state index in [0.717, 1.165) is 0 Å². The van der Waals surface area contributed by atoms with Gasteiger partial charge in [0, 0.05) is 25.8 Å². The molecule has 1 aromatic rings. The number of carbonyl (C=O) groups is 1. The first-order chi connectivity index (χ1) is 9.04. The number of amides is 1. The zero-order valence-corrected chi connectivity index (χ0v) is 10.5. The minimum atomic E-state index is -0.530. The average molecular weight is 268 g/mol. The average Bonchev–Trinajstić information content (AvgIpc) is 2.37. The quantitative estimate of drug-likeness (QED) is 0.284. The van der Waals surface area contributed by atoms with Crippen molar-refractivity contribution in [3.63, 3.8) is 0 Å². The summed E-state index contributed by atoms with van der Waals surface area (Å²) in [7, 11) is 1.54. The fraction of sp³-hybridized carbons (Fsp3) is 0.364. The summed E-state index contributed by atoms with van der Waals surface area (Å²) in [5.74, 6) is -0.213. The summed E-state index contributed by atoms with van der Waals surface area (Å²) in [5, 5.41) is 16.0. The van der Waals surface area contributed by atoms with Gasteiger partial charge in [0.15, 0.2) is 0 Å². The van der Waals surface area contributed by atoms with Gasteiger partial charge in [-0.2, -0.15) is 0 Å². The van der Waals surface area contributed by atoms with Crippen molar-refractivity contribution in [1.82, 2.24) is 5.32 Å². The largest absolute Gasteiger partial charge is 0.397 e. The smallest absolute Gasteiger partial charge is 0.271 e. The van der Waals surface area contributed by atoms with Gasteiger partial charge in [-0.3, -0.25) is 14.9 Å². The molecule has 8 nitrogen and oxygen atoms in total. The number of nitro groups is 1. The van der Waals surface area contributed by atoms with Crippen LogP contribution in [-0.2, 0) is 9.53 Å². The van der Waals surface area contributed by atoms with Gasteiger partial charge in [-0.1, -0.05) is 0 Å². The van der Waals surface area contributed by atoms with E-state index in [0.29, 0.717) is 18.8 Å². The van der Waals surface area contributed by atoms with Crippen molar-refractivity contribution in [2.24, 2.45) is 0 Å². The number of hydrogen-bond acceptors (Lipinski definition) is 6. The van der Waals surface area contributed by atoms with Crippen LogP contribution in [0.25, 0.3) is 0 Å². The van der Waals surface area contributed by atoms with E-state index in [1.165, 1.54) is 18.2 Å². The number of ether oxygens (including phenoxy) is 1. The van der Waals surface area contributed by atoms with Gasteiger partial charge in [-0.25, -0.2) is 0 Å². The third-order valence-electron chi connectivity index (χ3n) is 2.31. The Labute approximate surface area is 110 Å². The topological polar surface area (TPSA) is 120 Å². The molecule has 0 saturated heterocycles. The lowest BCUT2D eigenvalue weighted by Gasteiger charge is -2.09. The third kappa shape index (κ3) is 4.80. The van der Waals surface area contributed by atoms with Crippen molar-refractivity contribution in [3.05, 3.63) is 28.3 Å². The van der Waals surface area contributed by atoms with Crippen LogP contribution >= 0.6 is 0 Å². The minimum absolute atomic E-state index is 0.0335. The van der Waals surface area contributed by atoms with E-state index in [4.69, 9.17) is 10.5 Å². The lowest BCUT2D eigenvalue weighted by molar-refractivity contribution is -0.384. The molecule has 0 heterocycles. The number of methoxy groups -OCH3 is 1. The highest BCUT2D eigenvalue weighted by atomic mass is 16.6. The van der Waals surface area contributed by atoms with Gasteiger partial charge < -0.3 is 21.1 Å². The molecule has 8 heteroatoms. The van der Waals surface area contributed by atoms with Crippen molar-refractivity contribution in [2.45, 2.75) is 0 Å². The first kappa shape index (κ1) is 14.7. The maximum absolute atomic E-state index is 11.4. The van der Waals surface area contributed by atoms with Crippen molar-refractivity contribution in [3.8, 4) is 0 Å². The van der Waals surface area contributed by atoms with Crippen LogP contribution in [0.15, 0.2) is 18.2 Å². The second-order valence-corrected chi connectivity index (χ2v) is 3.72. The molecule has 0 aromatic heterocycles. The molecule has 0 radical (unpaired) electrons. The van der Waals surface area contributed by atoms with Crippen LogP contribution in [0.2, 0.25) is 0 Å². The number of hydrogen-bond donors (Lipinski definition) is 3. The highest BCUT2D eigenvalue weighted by Crippen LogP contribution is 2.23. The first-order valence-electron chi connectivity index (χ1n) is 5.58. The van der Waals surface area contributed by atoms with Gasteiger partial charge in [0.2, 0.25) is 5.91 Å². The molecular formula is C11H16N4O4. The molecule has 1 aromatic carbocycles. The number of nitrogens with zero attached hydrogens (tertiary/aromatic N) is 1. The summed E-state index contributed by atoms with van der Waals surface area (Å²) in [6.07, 6.45) is 0. The number of non-ortho nitro benzene ring substituents is 1. The Balaban J connectivity index is 2.49. The minimum Gasteiger partial charge on any atom is -0.397 e. The lowest BCUT2D eigenvalue weighted by atomic mass is 10.2. The zero-order valence-electron chi connectivity index (χ0n) is 10.5. The first-order valence-corrected chi connectivity index (χ1v) is 5.58. The lowest BCUT2D eigenvalue weighted by Crippen LogP contribution is -2.32. The van der Waals surface area contributed by atoms with Crippen molar-refractivity contribution in [2.75, 3.05) is 37.9 Å². The molecule has 0 unspecified atom stereocenters. The van der Waals surface area contributed by atoms with Gasteiger partial charge in [0.05, 0.1) is 29.4 Å². The summed E-state index contributed by atoms with van der Waals surface area (Å²) in [6, 6.07) is 4.03. The fourth-order valence-electron chi connectivity index (χ4n) is 1.36. The van der Waals surface area contributed by atoms with E-state index in [-0.39, 0.29) is 23.8 Å². The molecule has 0 aliphatic rings. The van der Waals surface area contributed by atoms with Crippen LogP contribution in [0, 0.1) is 10.1 Å². The van der Waals surface area contributed by atoms with Crippen LogP contribution in [0.1, 0.15) is 0 Å². The van der Waals surface area contributed by atoms with E-state index in [2.05, 4.69) is 10.6 Å². The van der Waals surface area contributed by atoms with E-state index in [1.54, 1.807) is 7.11 Å². The Morgan fingerprint density at radius 3 is 2.84 bits per heavy atom. The van der Waals surface area contributed by atoms with Gasteiger partial charge in [-0.15, -0.1) is 0 Å². The SMILES string of the molecule is COCCNC(=O)CNc1ccc([N+](=O)[O-])cc1N. The molecular weight excluding hydrogens is 252 g/mol. The summed E-state index contributed by atoms with van der Waals surface area (Å²) in [5.41, 5.74) is 6.26. The molecule has 0 aliphatic heterocycles. The Kier molecular flexibility index (Phi) is 5.55. The van der Waals surface area contributed by atoms with Gasteiger partial charge in [0.25, 0.3) is 5.69 Å². The summed E-state index contributed by atoms with van der Waals surface area (Å²) in [6.45, 7) is 0.893. The highest BCUT2D eigenvalue weighted by Gasteiger charge is 2.09. The Bertz CT molecular complexity index is 464. The third-order valence-corrected chi connectivity index (χ3v) is 2.31. The van der Waals surface area contributed by atoms with Gasteiger partial charge in [0.1, 0.15) is 0 Å². The molecule has 0 atom stereocenters. The van der Waals surface area contributed by atoms with Crippen LogP contribution in [0.5, 0.6) is 0 Å². The maximum Gasteiger partial charge on any atom is 0.271 e. The van der Waals surface area contributed by atoms with Gasteiger partial charge in [-0.05, 0) is 6.07 Å². The predicted octanol–water partition coefficient (Wildman–Crippen LogP) is 0.351. The van der Waals surface area contributed by atoms with Crippen LogP contribution in [0.4, 0.5) is 17.1 Å². The van der Waals surface area contributed by atoms with Gasteiger partial charge >= 0.3 is 0 Å². The van der Waals surface area contributed by atoms with E-state index in [1.807, 2.05) is 0 Å². The number of nitrogens with one attached hydrogen (secondary N) is 2. The summed E-state index contributed by atoms with van der Waals surface area (Å²) >= 11 is 0. The maximum atomic E-state index is 11.4. The molecule has 1 rings (SSSR count). The standard InChI is InChI=1S/C11H16N4O4/c1-19-5-4-13-11(16)7-14-10-3-2-8(15(17)18)6-9(10)12/h2-3,6,14H,4-5,7,12H2,1H3,(H,13,16). The number of nitro benzene ring substituents is 1. The Morgan fingerprint density at radius 2 is 2.26 bits per heavy atom. The number of carbonyl (C=O) groups excluding carboxylic acids is 1. The molecule has 0 aliphatic carbocycles. The molecule has 0 bridgehead atoms. The molecule has 19 heavy (non-hydrogen) atoms. The number of nitrogens with two attached hydrogens (primary N) is 1. The molecule has 1 amide bonds. The molecule has 104 valence electrons. The molecule has 4 N–H and O–H groups in total. The van der Waals surface area contributed by atoms with E-state index in [9.17, 15) is 14.9 Å². The second kappa shape index (κ2) is 7.17. The van der Waals surface area contributed by atoms with Crippen LogP contribution in [-0.4, -0.2) is 37.6 Å². The van der Waals surface area contributed by atoms with Crippen LogP contribution < -0.4 is 16.4 Å². The monoisotopic (exact) mass is 268 g/mol. The van der Waals surface area contributed by atoms with Crippen molar-refractivity contribution >= 4 is 23.0 Å². The number of nitrogen functional groups attached to an aromatic ring is 1. The second-order valence-electron chi connectivity index (χ2n) is 3.72. The normalized spacial score (nSPS) is 9.95. The number of anilines is 2. The predicted molar refractivity (Wildman–Crippen MR) is 70.9 cm³/mol. The van der Waals surface area contributed by atoms with Crippen molar-refractivity contribution in [1.29, 1.82) is 0 Å². The Morgan fingerprint density at radius 1 is 1.53 bits per heavy atom. The zero-order chi connectivity index (χ0) is 14.3. The van der Waals surface area contributed by atoms with Crippen molar-refractivity contribution < 1.29 is 14.5 Å².